The molecule has 26 heavy (non-hydrogen) atoms. The summed E-state index contributed by atoms with van der Waals surface area (Å²) in [4.78, 5) is 12.7. The highest BCUT2D eigenvalue weighted by Gasteiger charge is 2.34. The predicted molar refractivity (Wildman–Crippen MR) is 95.7 cm³/mol. The van der Waals surface area contributed by atoms with Crippen LogP contribution in [-0.4, -0.2) is 39.4 Å². The Morgan fingerprint density at radius 1 is 0.962 bits per heavy atom. The number of carbonyl (C=O) groups is 1. The van der Waals surface area contributed by atoms with Crippen molar-refractivity contribution in [3.05, 3.63) is 36.4 Å². The third-order valence-electron chi connectivity index (χ3n) is 4.03. The van der Waals surface area contributed by atoms with Gasteiger partial charge in [-0.2, -0.15) is 0 Å². The minimum atomic E-state index is -0.788. The van der Waals surface area contributed by atoms with Gasteiger partial charge in [0.05, 0.1) is 21.3 Å². The Balaban J connectivity index is 1.82. The fraction of sp³-hybridized carbons (Fsp3) is 0.316. The van der Waals surface area contributed by atoms with Crippen LogP contribution in [0.25, 0.3) is 0 Å². The van der Waals surface area contributed by atoms with E-state index in [1.165, 1.54) is 21.3 Å². The van der Waals surface area contributed by atoms with E-state index in [1.54, 1.807) is 31.2 Å². The van der Waals surface area contributed by atoms with E-state index in [0.29, 0.717) is 34.4 Å². The molecule has 0 unspecified atom stereocenters. The molecule has 3 rings (SSSR count). The molecule has 7 heteroatoms. The molecule has 0 aromatic heterocycles. The number of para-hydroxylation sites is 2. The molecule has 0 fully saturated rings. The molecule has 0 bridgehead atoms. The summed E-state index contributed by atoms with van der Waals surface area (Å²) in [6, 6.07) is 10.6. The summed E-state index contributed by atoms with van der Waals surface area (Å²) in [5.74, 6) is 2.17. The van der Waals surface area contributed by atoms with E-state index >= 15 is 0 Å². The Labute approximate surface area is 151 Å². The lowest BCUT2D eigenvalue weighted by Crippen LogP contribution is -2.46. The number of hydrogen-bond donors (Lipinski definition) is 1. The predicted octanol–water partition coefficient (Wildman–Crippen LogP) is 2.88. The van der Waals surface area contributed by atoms with Gasteiger partial charge in [-0.1, -0.05) is 12.1 Å². The average molecular weight is 359 g/mol. The van der Waals surface area contributed by atoms with Crippen LogP contribution in [0.3, 0.4) is 0 Å². The van der Waals surface area contributed by atoms with Crippen molar-refractivity contribution in [3.63, 3.8) is 0 Å². The van der Waals surface area contributed by atoms with Crippen molar-refractivity contribution >= 4 is 11.6 Å². The summed E-state index contributed by atoms with van der Waals surface area (Å²) >= 11 is 0. The number of benzene rings is 2. The number of rotatable bonds is 5. The zero-order chi connectivity index (χ0) is 18.7. The molecular formula is C19H21NO6. The second-order valence-electron chi connectivity index (χ2n) is 5.71. The molecule has 1 N–H and O–H groups in total. The van der Waals surface area contributed by atoms with Gasteiger partial charge in [-0.3, -0.25) is 4.79 Å². The van der Waals surface area contributed by atoms with Crippen molar-refractivity contribution in [1.29, 1.82) is 0 Å². The number of fused-ring (bicyclic) bond motifs is 1. The first-order chi connectivity index (χ1) is 12.6. The molecule has 0 saturated carbocycles. The van der Waals surface area contributed by atoms with Crippen LogP contribution >= 0.6 is 0 Å². The van der Waals surface area contributed by atoms with Crippen LogP contribution in [-0.2, 0) is 4.79 Å². The van der Waals surface area contributed by atoms with Crippen molar-refractivity contribution < 1.29 is 28.5 Å². The van der Waals surface area contributed by atoms with E-state index < -0.39 is 12.2 Å². The maximum Gasteiger partial charge on any atom is 0.269 e. The first kappa shape index (κ1) is 17.7. The summed E-state index contributed by atoms with van der Waals surface area (Å²) in [7, 11) is 4.55. The summed E-state index contributed by atoms with van der Waals surface area (Å²) in [6.45, 7) is 1.79. The van der Waals surface area contributed by atoms with E-state index in [4.69, 9.17) is 23.7 Å². The standard InChI is InChI=1S/C19H21NO6/c1-11-17(26-14-8-6-5-7-13(14)25-11)19(21)20-12-9-15(22-2)18(24-4)16(10-12)23-3/h5-11,17H,1-4H3,(H,20,21)/t11-,17-/m1/s1. The molecule has 0 radical (unpaired) electrons. The van der Waals surface area contributed by atoms with Crippen molar-refractivity contribution in [1.82, 2.24) is 0 Å². The van der Waals surface area contributed by atoms with Gasteiger partial charge in [0.15, 0.2) is 23.0 Å². The van der Waals surface area contributed by atoms with Gasteiger partial charge in [0.2, 0.25) is 11.9 Å². The molecule has 1 aliphatic heterocycles. The minimum absolute atomic E-state index is 0.332. The second-order valence-corrected chi connectivity index (χ2v) is 5.71. The highest BCUT2D eigenvalue weighted by atomic mass is 16.6. The van der Waals surface area contributed by atoms with Gasteiger partial charge in [0.25, 0.3) is 5.91 Å². The molecule has 138 valence electrons. The molecule has 2 aromatic rings. The fourth-order valence-electron chi connectivity index (χ4n) is 2.77. The van der Waals surface area contributed by atoms with Crippen LogP contribution < -0.4 is 29.0 Å². The maximum absolute atomic E-state index is 12.7. The van der Waals surface area contributed by atoms with Crippen molar-refractivity contribution in [3.8, 4) is 28.7 Å². The molecule has 0 saturated heterocycles. The Morgan fingerprint density at radius 3 is 2.08 bits per heavy atom. The Kier molecular flexibility index (Phi) is 5.06. The van der Waals surface area contributed by atoms with Crippen LogP contribution in [0.15, 0.2) is 36.4 Å². The zero-order valence-electron chi connectivity index (χ0n) is 15.1. The monoisotopic (exact) mass is 359 g/mol. The van der Waals surface area contributed by atoms with Crippen molar-refractivity contribution in [2.24, 2.45) is 0 Å². The second kappa shape index (κ2) is 7.43. The molecule has 1 amide bonds. The van der Waals surface area contributed by atoms with Crippen LogP contribution in [0.5, 0.6) is 28.7 Å². The minimum Gasteiger partial charge on any atom is -0.493 e. The Bertz CT molecular complexity index is 781. The molecule has 1 aliphatic rings. The smallest absolute Gasteiger partial charge is 0.269 e. The lowest BCUT2D eigenvalue weighted by atomic mass is 10.1. The van der Waals surface area contributed by atoms with Gasteiger partial charge in [-0.05, 0) is 19.1 Å². The van der Waals surface area contributed by atoms with E-state index in [0.717, 1.165) is 0 Å². The topological polar surface area (TPSA) is 75.3 Å². The highest BCUT2D eigenvalue weighted by Crippen LogP contribution is 2.40. The first-order valence-electron chi connectivity index (χ1n) is 8.10. The van der Waals surface area contributed by atoms with E-state index in [9.17, 15) is 4.79 Å². The van der Waals surface area contributed by atoms with Crippen LogP contribution in [0.2, 0.25) is 0 Å². The summed E-state index contributed by atoms with van der Waals surface area (Å²) < 4.78 is 27.5. The SMILES string of the molecule is COc1cc(NC(=O)[C@@H]2Oc3ccccc3O[C@@H]2C)cc(OC)c1OC. The van der Waals surface area contributed by atoms with E-state index in [1.807, 2.05) is 12.1 Å². The van der Waals surface area contributed by atoms with E-state index in [-0.39, 0.29) is 5.91 Å². The summed E-state index contributed by atoms with van der Waals surface area (Å²) in [5, 5.41) is 2.81. The number of anilines is 1. The number of hydrogen-bond acceptors (Lipinski definition) is 6. The van der Waals surface area contributed by atoms with Crippen molar-refractivity contribution in [2.75, 3.05) is 26.6 Å². The molecule has 0 spiro atoms. The summed E-state index contributed by atoms with van der Waals surface area (Å²) in [6.07, 6.45) is -1.23. The van der Waals surface area contributed by atoms with Crippen LogP contribution in [0.1, 0.15) is 6.92 Å². The van der Waals surface area contributed by atoms with Gasteiger partial charge in [0.1, 0.15) is 6.10 Å². The van der Waals surface area contributed by atoms with Gasteiger partial charge in [0, 0.05) is 17.8 Å². The number of carbonyl (C=O) groups excluding carboxylic acids is 1. The lowest BCUT2D eigenvalue weighted by Gasteiger charge is -2.31. The third kappa shape index (κ3) is 3.33. The van der Waals surface area contributed by atoms with E-state index in [2.05, 4.69) is 5.32 Å². The number of methoxy groups -OCH3 is 3. The molecule has 2 aromatic carbocycles. The van der Waals surface area contributed by atoms with Crippen LogP contribution in [0.4, 0.5) is 5.69 Å². The zero-order valence-corrected chi connectivity index (χ0v) is 15.1. The Hall–Kier alpha value is -3.09. The van der Waals surface area contributed by atoms with Gasteiger partial charge >= 0.3 is 0 Å². The van der Waals surface area contributed by atoms with Gasteiger partial charge < -0.3 is 29.0 Å². The number of ether oxygens (including phenoxy) is 5. The third-order valence-corrected chi connectivity index (χ3v) is 4.03. The Morgan fingerprint density at radius 2 is 1.54 bits per heavy atom. The normalized spacial score (nSPS) is 18.0. The van der Waals surface area contributed by atoms with Crippen LogP contribution in [0, 0.1) is 0 Å². The molecular weight excluding hydrogens is 338 g/mol. The van der Waals surface area contributed by atoms with Gasteiger partial charge in [-0.25, -0.2) is 0 Å². The first-order valence-corrected chi connectivity index (χ1v) is 8.10. The largest absolute Gasteiger partial charge is 0.493 e. The highest BCUT2D eigenvalue weighted by molar-refractivity contribution is 5.95. The lowest BCUT2D eigenvalue weighted by molar-refractivity contribution is -0.128. The fourth-order valence-corrected chi connectivity index (χ4v) is 2.77. The number of nitrogens with one attached hydrogen (secondary N) is 1. The molecule has 2 atom stereocenters. The quantitative estimate of drug-likeness (QED) is 0.885. The maximum atomic E-state index is 12.7. The van der Waals surface area contributed by atoms with Gasteiger partial charge in [-0.15, -0.1) is 0 Å². The molecule has 1 heterocycles. The van der Waals surface area contributed by atoms with Crippen molar-refractivity contribution in [2.45, 2.75) is 19.1 Å². The average Bonchev–Trinajstić information content (AvgIpc) is 2.66. The summed E-state index contributed by atoms with van der Waals surface area (Å²) in [5.41, 5.74) is 0.499. The number of amides is 1. The molecule has 7 nitrogen and oxygen atoms in total. The molecule has 0 aliphatic carbocycles.